The Morgan fingerprint density at radius 2 is 1.83 bits per heavy atom. The second-order valence-corrected chi connectivity index (χ2v) is 6.09. The van der Waals surface area contributed by atoms with Gasteiger partial charge in [-0.1, -0.05) is 6.92 Å². The lowest BCUT2D eigenvalue weighted by molar-refractivity contribution is -0.134. The Hall–Kier alpha value is -2.24. The number of amides is 2. The number of carbonyl (C=O) groups is 2. The molecule has 1 saturated carbocycles. The van der Waals surface area contributed by atoms with Gasteiger partial charge in [-0.2, -0.15) is 0 Å². The van der Waals surface area contributed by atoms with Crippen LogP contribution in [0.1, 0.15) is 27.2 Å². The van der Waals surface area contributed by atoms with Crippen molar-refractivity contribution in [2.45, 2.75) is 27.2 Å². The van der Waals surface area contributed by atoms with Crippen molar-refractivity contribution in [1.29, 1.82) is 0 Å². The highest BCUT2D eigenvalue weighted by Gasteiger charge is 2.40. The average Bonchev–Trinajstić information content (AvgIpc) is 3.26. The highest BCUT2D eigenvalue weighted by molar-refractivity contribution is 5.95. The molecule has 6 nitrogen and oxygen atoms in total. The average molecular weight is 334 g/mol. The van der Waals surface area contributed by atoms with E-state index in [1.54, 1.807) is 25.2 Å². The number of anilines is 1. The van der Waals surface area contributed by atoms with E-state index in [1.165, 1.54) is 4.90 Å². The number of benzene rings is 1. The maximum absolute atomic E-state index is 12.2. The van der Waals surface area contributed by atoms with Crippen LogP contribution in [0.3, 0.4) is 0 Å². The van der Waals surface area contributed by atoms with Crippen molar-refractivity contribution >= 4 is 17.5 Å². The molecule has 1 aromatic rings. The van der Waals surface area contributed by atoms with Crippen molar-refractivity contribution in [2.24, 2.45) is 11.8 Å². The molecule has 1 fully saturated rings. The third kappa shape index (κ3) is 4.63. The van der Waals surface area contributed by atoms with E-state index in [1.807, 2.05) is 20.8 Å². The Kier molecular flexibility index (Phi) is 6.06. The first kappa shape index (κ1) is 18.1. The third-order valence-electron chi connectivity index (χ3n) is 4.01. The molecule has 1 aromatic carbocycles. The van der Waals surface area contributed by atoms with Gasteiger partial charge in [-0.3, -0.25) is 9.59 Å². The zero-order chi connectivity index (χ0) is 17.7. The summed E-state index contributed by atoms with van der Waals surface area (Å²) < 4.78 is 11.0. The largest absolute Gasteiger partial charge is 0.490 e. The Balaban J connectivity index is 1.95. The van der Waals surface area contributed by atoms with Crippen LogP contribution in [0.25, 0.3) is 0 Å². The maximum Gasteiger partial charge on any atom is 0.243 e. The molecule has 2 rings (SSSR count). The van der Waals surface area contributed by atoms with Gasteiger partial charge in [-0.05, 0) is 38.3 Å². The van der Waals surface area contributed by atoms with Crippen molar-refractivity contribution in [3.8, 4) is 11.5 Å². The molecule has 6 heteroatoms. The minimum atomic E-state index is -0.231. The van der Waals surface area contributed by atoms with Gasteiger partial charge in [0.15, 0.2) is 11.5 Å². The smallest absolute Gasteiger partial charge is 0.243 e. The fourth-order valence-electron chi connectivity index (χ4n) is 2.57. The molecule has 0 heterocycles. The van der Waals surface area contributed by atoms with E-state index in [4.69, 9.17) is 9.47 Å². The van der Waals surface area contributed by atoms with Gasteiger partial charge < -0.3 is 19.7 Å². The van der Waals surface area contributed by atoms with E-state index in [-0.39, 0.29) is 24.3 Å². The van der Waals surface area contributed by atoms with Crippen LogP contribution in [0.2, 0.25) is 0 Å². The van der Waals surface area contributed by atoms with E-state index >= 15 is 0 Å². The van der Waals surface area contributed by atoms with E-state index in [2.05, 4.69) is 5.32 Å². The number of ether oxygens (including phenoxy) is 2. The van der Waals surface area contributed by atoms with Crippen LogP contribution in [-0.4, -0.2) is 43.5 Å². The lowest BCUT2D eigenvalue weighted by Gasteiger charge is -2.17. The molecule has 0 unspecified atom stereocenters. The summed E-state index contributed by atoms with van der Waals surface area (Å²) in [5.74, 6) is 1.56. The summed E-state index contributed by atoms with van der Waals surface area (Å²) in [5, 5.41) is 2.80. The molecular formula is C18H26N2O4. The van der Waals surface area contributed by atoms with E-state index < -0.39 is 0 Å². The minimum absolute atomic E-state index is 0.0409. The van der Waals surface area contributed by atoms with Crippen LogP contribution < -0.4 is 14.8 Å². The lowest BCUT2D eigenvalue weighted by atomic mass is 10.2. The molecule has 0 saturated heterocycles. The highest BCUT2D eigenvalue weighted by atomic mass is 16.5. The maximum atomic E-state index is 12.2. The van der Waals surface area contributed by atoms with Gasteiger partial charge in [0.2, 0.25) is 11.8 Å². The zero-order valence-electron chi connectivity index (χ0n) is 14.8. The molecule has 0 spiro atoms. The van der Waals surface area contributed by atoms with Crippen molar-refractivity contribution in [2.75, 3.05) is 32.1 Å². The second kappa shape index (κ2) is 8.04. The van der Waals surface area contributed by atoms with Crippen LogP contribution >= 0.6 is 0 Å². The van der Waals surface area contributed by atoms with Gasteiger partial charge in [-0.25, -0.2) is 0 Å². The second-order valence-electron chi connectivity index (χ2n) is 6.09. The van der Waals surface area contributed by atoms with Gasteiger partial charge in [0.25, 0.3) is 0 Å². The van der Waals surface area contributed by atoms with Gasteiger partial charge in [0.1, 0.15) is 0 Å². The molecule has 0 aromatic heterocycles. The molecule has 1 N–H and O–H groups in total. The summed E-state index contributed by atoms with van der Waals surface area (Å²) in [7, 11) is 1.66. The molecule has 0 aliphatic heterocycles. The Bertz CT molecular complexity index is 603. The fourth-order valence-corrected chi connectivity index (χ4v) is 2.57. The molecule has 1 aliphatic carbocycles. The predicted molar refractivity (Wildman–Crippen MR) is 92.3 cm³/mol. The Labute approximate surface area is 143 Å². The van der Waals surface area contributed by atoms with Crippen LogP contribution in [0.4, 0.5) is 5.69 Å². The predicted octanol–water partition coefficient (Wildman–Crippen LogP) is 2.54. The SMILES string of the molecule is CCOc1ccc(NC(=O)CN(C)C(=O)[C@@H]2C[C@H]2C)cc1OCC. The van der Waals surface area contributed by atoms with Crippen LogP contribution in [0.15, 0.2) is 18.2 Å². The number of hydrogen-bond donors (Lipinski definition) is 1. The molecule has 132 valence electrons. The van der Waals surface area contributed by atoms with Crippen LogP contribution in [0, 0.1) is 11.8 Å². The normalized spacial score (nSPS) is 18.7. The summed E-state index contributed by atoms with van der Waals surface area (Å²) in [6.07, 6.45) is 0.918. The number of nitrogens with zero attached hydrogens (tertiary/aromatic N) is 1. The zero-order valence-corrected chi connectivity index (χ0v) is 14.8. The van der Waals surface area contributed by atoms with Crippen molar-refractivity contribution in [3.63, 3.8) is 0 Å². The topological polar surface area (TPSA) is 67.9 Å². The van der Waals surface area contributed by atoms with Crippen LogP contribution in [-0.2, 0) is 9.59 Å². The number of carbonyl (C=O) groups excluding carboxylic acids is 2. The third-order valence-corrected chi connectivity index (χ3v) is 4.01. The number of rotatable bonds is 8. The summed E-state index contributed by atoms with van der Waals surface area (Å²) in [6.45, 7) is 6.93. The van der Waals surface area contributed by atoms with E-state index in [9.17, 15) is 9.59 Å². The summed E-state index contributed by atoms with van der Waals surface area (Å²) >= 11 is 0. The molecule has 2 amide bonds. The van der Waals surface area contributed by atoms with Gasteiger partial charge in [0, 0.05) is 24.7 Å². The molecule has 0 bridgehead atoms. The van der Waals surface area contributed by atoms with Crippen molar-refractivity contribution < 1.29 is 19.1 Å². The summed E-state index contributed by atoms with van der Waals surface area (Å²) in [5.41, 5.74) is 0.618. The van der Waals surface area contributed by atoms with Crippen LogP contribution in [0.5, 0.6) is 11.5 Å². The van der Waals surface area contributed by atoms with E-state index in [0.717, 1.165) is 6.42 Å². The summed E-state index contributed by atoms with van der Waals surface area (Å²) in [6, 6.07) is 5.26. The number of hydrogen-bond acceptors (Lipinski definition) is 4. The lowest BCUT2D eigenvalue weighted by Crippen LogP contribution is -2.36. The minimum Gasteiger partial charge on any atom is -0.490 e. The van der Waals surface area contributed by atoms with Gasteiger partial charge in [0.05, 0.1) is 19.8 Å². The first-order valence-electron chi connectivity index (χ1n) is 8.40. The molecule has 0 radical (unpaired) electrons. The number of nitrogens with one attached hydrogen (secondary N) is 1. The number of likely N-dealkylation sites (N-methyl/N-ethyl adjacent to an activating group) is 1. The Morgan fingerprint density at radius 3 is 2.42 bits per heavy atom. The molecule has 24 heavy (non-hydrogen) atoms. The molecular weight excluding hydrogens is 308 g/mol. The first-order chi connectivity index (χ1) is 11.5. The quantitative estimate of drug-likeness (QED) is 0.793. The molecule has 2 atom stereocenters. The fraction of sp³-hybridized carbons (Fsp3) is 0.556. The first-order valence-corrected chi connectivity index (χ1v) is 8.40. The monoisotopic (exact) mass is 334 g/mol. The summed E-state index contributed by atoms with van der Waals surface area (Å²) in [4.78, 5) is 25.7. The van der Waals surface area contributed by atoms with Gasteiger partial charge in [-0.15, -0.1) is 0 Å². The van der Waals surface area contributed by atoms with Gasteiger partial charge >= 0.3 is 0 Å². The Morgan fingerprint density at radius 1 is 1.21 bits per heavy atom. The van der Waals surface area contributed by atoms with E-state index in [0.29, 0.717) is 36.3 Å². The van der Waals surface area contributed by atoms with Crippen molar-refractivity contribution in [3.05, 3.63) is 18.2 Å². The highest BCUT2D eigenvalue weighted by Crippen LogP contribution is 2.38. The van der Waals surface area contributed by atoms with Crippen molar-refractivity contribution in [1.82, 2.24) is 4.90 Å². The molecule has 1 aliphatic rings. The standard InChI is InChI=1S/C18H26N2O4/c1-5-23-15-8-7-13(10-16(15)24-6-2)19-17(21)11-20(4)18(22)14-9-12(14)3/h7-8,10,12,14H,5-6,9,11H2,1-4H3,(H,19,21)/t12-,14-/m1/s1.